The summed E-state index contributed by atoms with van der Waals surface area (Å²) in [6.07, 6.45) is 0. The quantitative estimate of drug-likeness (QED) is 0.882. The van der Waals surface area contributed by atoms with E-state index in [2.05, 4.69) is 32.3 Å². The standard InChI is InChI=1S/C14H19N5O/c1-10-9-19(8-7-15-10)14-16-13(17-18-14)11-3-5-12(20-2)6-4-11/h3-6,10,15H,7-9H2,1-2H3,(H,16,17,18)/t10-/m1/s1. The van der Waals surface area contributed by atoms with Gasteiger partial charge in [0.15, 0.2) is 5.82 Å². The van der Waals surface area contributed by atoms with Gasteiger partial charge in [0.2, 0.25) is 5.95 Å². The Hall–Kier alpha value is -2.08. The first-order valence-electron chi connectivity index (χ1n) is 6.81. The van der Waals surface area contributed by atoms with Crippen molar-refractivity contribution in [3.63, 3.8) is 0 Å². The molecule has 106 valence electrons. The molecule has 0 radical (unpaired) electrons. The molecule has 0 spiro atoms. The molecule has 2 heterocycles. The number of hydrogen-bond acceptors (Lipinski definition) is 5. The summed E-state index contributed by atoms with van der Waals surface area (Å²) in [6, 6.07) is 8.26. The van der Waals surface area contributed by atoms with E-state index in [1.165, 1.54) is 0 Å². The molecule has 0 bridgehead atoms. The number of anilines is 1. The number of piperazine rings is 1. The van der Waals surface area contributed by atoms with Gasteiger partial charge >= 0.3 is 0 Å². The van der Waals surface area contributed by atoms with Crippen LogP contribution in [-0.4, -0.2) is 48.0 Å². The number of methoxy groups -OCH3 is 1. The van der Waals surface area contributed by atoms with Crippen LogP contribution in [0.15, 0.2) is 24.3 Å². The zero-order valence-electron chi connectivity index (χ0n) is 11.8. The van der Waals surface area contributed by atoms with Gasteiger partial charge in [-0.25, -0.2) is 0 Å². The van der Waals surface area contributed by atoms with Gasteiger partial charge < -0.3 is 15.0 Å². The summed E-state index contributed by atoms with van der Waals surface area (Å²) in [7, 11) is 1.66. The lowest BCUT2D eigenvalue weighted by Crippen LogP contribution is -2.49. The molecular weight excluding hydrogens is 254 g/mol. The fourth-order valence-corrected chi connectivity index (χ4v) is 2.39. The third kappa shape index (κ3) is 2.60. The minimum atomic E-state index is 0.465. The van der Waals surface area contributed by atoms with Crippen LogP contribution in [0.5, 0.6) is 5.75 Å². The fourth-order valence-electron chi connectivity index (χ4n) is 2.39. The molecule has 1 fully saturated rings. The predicted octanol–water partition coefficient (Wildman–Crippen LogP) is 1.28. The molecule has 20 heavy (non-hydrogen) atoms. The van der Waals surface area contributed by atoms with Gasteiger partial charge in [-0.3, -0.25) is 5.10 Å². The summed E-state index contributed by atoms with van der Waals surface area (Å²) in [5, 5.41) is 10.7. The van der Waals surface area contributed by atoms with Crippen LogP contribution in [-0.2, 0) is 0 Å². The summed E-state index contributed by atoms with van der Waals surface area (Å²) >= 11 is 0. The third-order valence-electron chi connectivity index (χ3n) is 3.49. The molecule has 1 aromatic heterocycles. The fraction of sp³-hybridized carbons (Fsp3) is 0.429. The van der Waals surface area contributed by atoms with Gasteiger partial charge in [-0.05, 0) is 31.2 Å². The normalized spacial score (nSPS) is 19.1. The van der Waals surface area contributed by atoms with Crippen LogP contribution in [0.3, 0.4) is 0 Å². The Morgan fingerprint density at radius 1 is 1.30 bits per heavy atom. The number of nitrogens with one attached hydrogen (secondary N) is 2. The Bertz CT molecular complexity index is 565. The van der Waals surface area contributed by atoms with Crippen LogP contribution >= 0.6 is 0 Å². The highest BCUT2D eigenvalue weighted by atomic mass is 16.5. The maximum atomic E-state index is 5.16. The average Bonchev–Trinajstić information content (AvgIpc) is 2.97. The molecule has 2 aromatic rings. The van der Waals surface area contributed by atoms with Gasteiger partial charge in [-0.2, -0.15) is 4.98 Å². The van der Waals surface area contributed by atoms with Crippen molar-refractivity contribution in [2.75, 3.05) is 31.6 Å². The van der Waals surface area contributed by atoms with Crippen molar-refractivity contribution in [3.8, 4) is 17.1 Å². The van der Waals surface area contributed by atoms with Crippen LogP contribution in [0.2, 0.25) is 0 Å². The summed E-state index contributed by atoms with van der Waals surface area (Å²) < 4.78 is 5.16. The second kappa shape index (κ2) is 5.50. The summed E-state index contributed by atoms with van der Waals surface area (Å²) in [5.41, 5.74) is 1.01. The Balaban J connectivity index is 1.78. The minimum absolute atomic E-state index is 0.465. The Labute approximate surface area is 118 Å². The van der Waals surface area contributed by atoms with Crippen LogP contribution in [0.4, 0.5) is 5.95 Å². The van der Waals surface area contributed by atoms with Crippen molar-refractivity contribution >= 4 is 5.95 Å². The van der Waals surface area contributed by atoms with Crippen molar-refractivity contribution in [1.82, 2.24) is 20.5 Å². The van der Waals surface area contributed by atoms with Gasteiger partial charge in [-0.15, -0.1) is 5.10 Å². The monoisotopic (exact) mass is 273 g/mol. The molecule has 0 amide bonds. The Kier molecular flexibility index (Phi) is 3.56. The average molecular weight is 273 g/mol. The van der Waals surface area contributed by atoms with E-state index in [4.69, 9.17) is 4.74 Å². The van der Waals surface area contributed by atoms with Crippen molar-refractivity contribution in [2.24, 2.45) is 0 Å². The molecule has 6 nitrogen and oxygen atoms in total. The van der Waals surface area contributed by atoms with Crippen molar-refractivity contribution < 1.29 is 4.74 Å². The van der Waals surface area contributed by atoms with Crippen LogP contribution in [0.25, 0.3) is 11.4 Å². The largest absolute Gasteiger partial charge is 0.497 e. The van der Waals surface area contributed by atoms with E-state index in [1.807, 2.05) is 24.3 Å². The first-order valence-corrected chi connectivity index (χ1v) is 6.81. The molecule has 0 saturated carbocycles. The third-order valence-corrected chi connectivity index (χ3v) is 3.49. The molecule has 0 aliphatic carbocycles. The molecule has 0 unspecified atom stereocenters. The molecule has 1 aromatic carbocycles. The molecule has 1 atom stereocenters. The molecule has 1 aliphatic heterocycles. The number of aromatic amines is 1. The van der Waals surface area contributed by atoms with E-state index in [9.17, 15) is 0 Å². The lowest BCUT2D eigenvalue weighted by Gasteiger charge is -2.30. The lowest BCUT2D eigenvalue weighted by atomic mass is 10.2. The minimum Gasteiger partial charge on any atom is -0.497 e. The SMILES string of the molecule is COc1ccc(-c2nc(N3CCN[C@H](C)C3)n[nH]2)cc1. The van der Waals surface area contributed by atoms with Gasteiger partial charge in [0.1, 0.15) is 5.75 Å². The molecular formula is C14H19N5O. The first-order chi connectivity index (χ1) is 9.76. The molecule has 3 rings (SSSR count). The highest BCUT2D eigenvalue weighted by Crippen LogP contribution is 2.21. The van der Waals surface area contributed by atoms with E-state index in [0.717, 1.165) is 42.7 Å². The summed E-state index contributed by atoms with van der Waals surface area (Å²) in [4.78, 5) is 6.78. The smallest absolute Gasteiger partial charge is 0.245 e. The molecule has 1 saturated heterocycles. The van der Waals surface area contributed by atoms with E-state index < -0.39 is 0 Å². The van der Waals surface area contributed by atoms with Gasteiger partial charge in [0.25, 0.3) is 0 Å². The maximum absolute atomic E-state index is 5.16. The number of rotatable bonds is 3. The van der Waals surface area contributed by atoms with Crippen LogP contribution in [0, 0.1) is 0 Å². The molecule has 2 N–H and O–H groups in total. The summed E-state index contributed by atoms with van der Waals surface area (Å²) in [5.74, 6) is 2.39. The molecule has 1 aliphatic rings. The first kappa shape index (κ1) is 12.9. The van der Waals surface area contributed by atoms with Gasteiger partial charge in [0.05, 0.1) is 7.11 Å². The summed E-state index contributed by atoms with van der Waals surface area (Å²) in [6.45, 7) is 5.00. The number of nitrogens with zero attached hydrogens (tertiary/aromatic N) is 3. The van der Waals surface area contributed by atoms with E-state index in [0.29, 0.717) is 6.04 Å². The van der Waals surface area contributed by atoms with Crippen molar-refractivity contribution in [3.05, 3.63) is 24.3 Å². The van der Waals surface area contributed by atoms with Gasteiger partial charge in [0, 0.05) is 31.2 Å². The topological polar surface area (TPSA) is 66.1 Å². The molecule has 6 heteroatoms. The van der Waals surface area contributed by atoms with Crippen molar-refractivity contribution in [1.29, 1.82) is 0 Å². The highest BCUT2D eigenvalue weighted by Gasteiger charge is 2.19. The van der Waals surface area contributed by atoms with Crippen LogP contribution < -0.4 is 15.0 Å². The number of benzene rings is 1. The number of ether oxygens (including phenoxy) is 1. The predicted molar refractivity (Wildman–Crippen MR) is 78.0 cm³/mol. The maximum Gasteiger partial charge on any atom is 0.245 e. The Morgan fingerprint density at radius 3 is 2.80 bits per heavy atom. The zero-order chi connectivity index (χ0) is 13.9. The van der Waals surface area contributed by atoms with Crippen molar-refractivity contribution in [2.45, 2.75) is 13.0 Å². The van der Waals surface area contributed by atoms with E-state index in [-0.39, 0.29) is 0 Å². The van der Waals surface area contributed by atoms with Gasteiger partial charge in [-0.1, -0.05) is 0 Å². The highest BCUT2D eigenvalue weighted by molar-refractivity contribution is 5.57. The van der Waals surface area contributed by atoms with E-state index in [1.54, 1.807) is 7.11 Å². The zero-order valence-corrected chi connectivity index (χ0v) is 11.8. The van der Waals surface area contributed by atoms with Crippen LogP contribution in [0.1, 0.15) is 6.92 Å². The number of H-pyrrole nitrogens is 1. The second-order valence-corrected chi connectivity index (χ2v) is 5.01. The second-order valence-electron chi connectivity index (χ2n) is 5.01. The number of hydrogen-bond donors (Lipinski definition) is 2. The number of aromatic nitrogens is 3. The lowest BCUT2D eigenvalue weighted by molar-refractivity contribution is 0.415. The Morgan fingerprint density at radius 2 is 2.10 bits per heavy atom. The van der Waals surface area contributed by atoms with E-state index >= 15 is 0 Å².